The number of methoxy groups -OCH3 is 2. The molecule has 0 fully saturated rings. The minimum atomic E-state index is -1.24. The van der Waals surface area contributed by atoms with Gasteiger partial charge in [0.25, 0.3) is 11.6 Å². The molecule has 0 spiro atoms. The van der Waals surface area contributed by atoms with Gasteiger partial charge in [-0.25, -0.2) is 9.78 Å². The molecule has 38 heavy (non-hydrogen) atoms. The number of carbonyl (C=O) groups excluding carboxylic acids is 1. The van der Waals surface area contributed by atoms with Crippen molar-refractivity contribution in [3.05, 3.63) is 93.0 Å². The van der Waals surface area contributed by atoms with Gasteiger partial charge in [0.15, 0.2) is 0 Å². The fraction of sp³-hybridized carbons (Fsp3) is 0.148. The smallest absolute Gasteiger partial charge is 0.326 e. The number of fused-ring (bicyclic) bond motifs is 1. The summed E-state index contributed by atoms with van der Waals surface area (Å²) in [5.41, 5.74) is 1.65. The lowest BCUT2D eigenvalue weighted by molar-refractivity contribution is -0.384. The van der Waals surface area contributed by atoms with Crippen LogP contribution >= 0.6 is 11.6 Å². The SMILES string of the molecule is COc1cccc(OC)c1C(=O)NC(Cc1ccc2nc(-c3c(Cl)cccc3[N+](=O)[O-])ccc2c1)C(=O)O. The summed E-state index contributed by atoms with van der Waals surface area (Å²) in [5, 5.41) is 24.7. The quantitative estimate of drug-likeness (QED) is 0.227. The zero-order valence-electron chi connectivity index (χ0n) is 20.3. The summed E-state index contributed by atoms with van der Waals surface area (Å²) in [7, 11) is 2.80. The van der Waals surface area contributed by atoms with Crippen molar-refractivity contribution in [1.82, 2.24) is 10.3 Å². The molecule has 2 N–H and O–H groups in total. The Bertz CT molecular complexity index is 1540. The van der Waals surface area contributed by atoms with E-state index in [2.05, 4.69) is 10.3 Å². The number of aromatic nitrogens is 1. The standard InChI is InChI=1S/C27H22ClN3O7/c1-37-22-7-4-8-23(38-2)25(22)26(32)30-20(27(33)34)14-15-9-11-18-16(13-15)10-12-19(29-18)24-17(28)5-3-6-21(24)31(35)36/h3-13,20H,14H2,1-2H3,(H,30,32)(H,33,34). The Balaban J connectivity index is 1.61. The predicted molar refractivity (Wildman–Crippen MR) is 141 cm³/mol. The average molecular weight is 536 g/mol. The third kappa shape index (κ3) is 5.35. The maximum atomic E-state index is 13.0. The Hall–Kier alpha value is -4.70. The Labute approximate surface area is 221 Å². The number of halogens is 1. The molecule has 4 rings (SSSR count). The predicted octanol–water partition coefficient (Wildman–Crippen LogP) is 4.91. The first-order valence-corrected chi connectivity index (χ1v) is 11.7. The highest BCUT2D eigenvalue weighted by Gasteiger charge is 2.26. The molecule has 11 heteroatoms. The van der Waals surface area contributed by atoms with Crippen LogP contribution in [0, 0.1) is 10.1 Å². The average Bonchev–Trinajstić information content (AvgIpc) is 2.91. The summed E-state index contributed by atoms with van der Waals surface area (Å²) in [5.74, 6) is -1.37. The molecule has 1 heterocycles. The molecule has 0 radical (unpaired) electrons. The van der Waals surface area contributed by atoms with Crippen molar-refractivity contribution in [2.24, 2.45) is 0 Å². The summed E-state index contributed by atoms with van der Waals surface area (Å²) >= 11 is 6.24. The number of hydrogen-bond donors (Lipinski definition) is 2. The summed E-state index contributed by atoms with van der Waals surface area (Å²) in [6.45, 7) is 0. The maximum Gasteiger partial charge on any atom is 0.326 e. The van der Waals surface area contributed by atoms with Crippen LogP contribution in [-0.2, 0) is 11.2 Å². The number of rotatable bonds is 9. The number of aliphatic carboxylic acids is 1. The van der Waals surface area contributed by atoms with Crippen LogP contribution in [0.3, 0.4) is 0 Å². The van der Waals surface area contributed by atoms with E-state index in [1.807, 2.05) is 0 Å². The van der Waals surface area contributed by atoms with E-state index in [0.717, 1.165) is 0 Å². The zero-order valence-corrected chi connectivity index (χ0v) is 21.1. The number of carboxylic acid groups (broad SMARTS) is 1. The largest absolute Gasteiger partial charge is 0.496 e. The van der Waals surface area contributed by atoms with Crippen LogP contribution in [0.1, 0.15) is 15.9 Å². The molecule has 4 aromatic rings. The van der Waals surface area contributed by atoms with E-state index in [1.54, 1.807) is 54.6 Å². The number of pyridine rings is 1. The van der Waals surface area contributed by atoms with Gasteiger partial charge in [0.2, 0.25) is 0 Å². The molecule has 1 atom stereocenters. The van der Waals surface area contributed by atoms with Gasteiger partial charge in [0.1, 0.15) is 23.1 Å². The van der Waals surface area contributed by atoms with Crippen LogP contribution in [0.5, 0.6) is 11.5 Å². The lowest BCUT2D eigenvalue weighted by atomic mass is 10.0. The second-order valence-electron chi connectivity index (χ2n) is 8.22. The van der Waals surface area contributed by atoms with E-state index in [0.29, 0.717) is 22.2 Å². The van der Waals surface area contributed by atoms with Gasteiger partial charge in [-0.05, 0) is 42.0 Å². The van der Waals surface area contributed by atoms with Gasteiger partial charge in [0.05, 0.1) is 40.9 Å². The molecule has 1 amide bonds. The van der Waals surface area contributed by atoms with Gasteiger partial charge in [0, 0.05) is 17.9 Å². The molecule has 194 valence electrons. The molecular formula is C27H22ClN3O7. The summed E-state index contributed by atoms with van der Waals surface area (Å²) in [6, 6.07) is 16.4. The van der Waals surface area contributed by atoms with Crippen LogP contribution < -0.4 is 14.8 Å². The van der Waals surface area contributed by atoms with E-state index in [1.165, 1.54) is 26.4 Å². The Morgan fingerprint density at radius 1 is 1.05 bits per heavy atom. The number of nitro groups is 1. The molecule has 1 unspecified atom stereocenters. The topological polar surface area (TPSA) is 141 Å². The highest BCUT2D eigenvalue weighted by Crippen LogP contribution is 2.36. The van der Waals surface area contributed by atoms with Gasteiger partial charge in [-0.3, -0.25) is 14.9 Å². The summed E-state index contributed by atoms with van der Waals surface area (Å²) in [4.78, 5) is 40.5. The Kier molecular flexibility index (Phi) is 7.73. The van der Waals surface area contributed by atoms with Gasteiger partial charge in [-0.15, -0.1) is 0 Å². The fourth-order valence-corrected chi connectivity index (χ4v) is 4.37. The molecule has 1 aromatic heterocycles. The minimum Gasteiger partial charge on any atom is -0.496 e. The molecule has 0 saturated heterocycles. The zero-order chi connectivity index (χ0) is 27.4. The number of carbonyl (C=O) groups is 2. The molecule has 0 aliphatic carbocycles. The van der Waals surface area contributed by atoms with Crippen molar-refractivity contribution in [2.45, 2.75) is 12.5 Å². The number of ether oxygens (including phenoxy) is 2. The van der Waals surface area contributed by atoms with Crippen LogP contribution in [0.25, 0.3) is 22.2 Å². The van der Waals surface area contributed by atoms with Gasteiger partial charge in [-0.1, -0.05) is 35.9 Å². The molecule has 3 aromatic carbocycles. The lowest BCUT2D eigenvalue weighted by Gasteiger charge is -2.18. The second-order valence-corrected chi connectivity index (χ2v) is 8.63. The van der Waals surface area contributed by atoms with E-state index in [9.17, 15) is 24.8 Å². The number of nitro benzene ring substituents is 1. The third-order valence-corrected chi connectivity index (χ3v) is 6.21. The number of benzene rings is 3. The van der Waals surface area contributed by atoms with Gasteiger partial charge in [-0.2, -0.15) is 0 Å². The number of nitrogens with one attached hydrogen (secondary N) is 1. The molecule has 0 saturated carbocycles. The van der Waals surface area contributed by atoms with E-state index in [4.69, 9.17) is 21.1 Å². The molecule has 0 aliphatic heterocycles. The lowest BCUT2D eigenvalue weighted by Crippen LogP contribution is -2.42. The molecule has 10 nitrogen and oxygen atoms in total. The Morgan fingerprint density at radius 2 is 1.74 bits per heavy atom. The second kappa shape index (κ2) is 11.1. The third-order valence-electron chi connectivity index (χ3n) is 5.90. The van der Waals surface area contributed by atoms with Crippen molar-refractivity contribution >= 4 is 40.1 Å². The number of carboxylic acids is 1. The van der Waals surface area contributed by atoms with Gasteiger partial charge >= 0.3 is 5.97 Å². The number of hydrogen-bond acceptors (Lipinski definition) is 7. The van der Waals surface area contributed by atoms with Gasteiger partial charge < -0.3 is 19.9 Å². The molecule has 0 aliphatic rings. The van der Waals surface area contributed by atoms with Crippen molar-refractivity contribution in [2.75, 3.05) is 14.2 Å². The number of nitrogens with zero attached hydrogens (tertiary/aromatic N) is 2. The van der Waals surface area contributed by atoms with Crippen LogP contribution in [0.4, 0.5) is 5.69 Å². The summed E-state index contributed by atoms with van der Waals surface area (Å²) < 4.78 is 10.5. The maximum absolute atomic E-state index is 13.0. The first kappa shape index (κ1) is 26.4. The highest BCUT2D eigenvalue weighted by atomic mass is 35.5. The van der Waals surface area contributed by atoms with Crippen molar-refractivity contribution in [3.8, 4) is 22.8 Å². The van der Waals surface area contributed by atoms with Crippen molar-refractivity contribution in [3.63, 3.8) is 0 Å². The van der Waals surface area contributed by atoms with Crippen molar-refractivity contribution in [1.29, 1.82) is 0 Å². The number of amides is 1. The van der Waals surface area contributed by atoms with E-state index < -0.39 is 22.8 Å². The minimum absolute atomic E-state index is 0.00772. The normalized spacial score (nSPS) is 11.6. The molecule has 0 bridgehead atoms. The monoisotopic (exact) mass is 535 g/mol. The van der Waals surface area contributed by atoms with Crippen LogP contribution in [0.15, 0.2) is 66.7 Å². The first-order valence-electron chi connectivity index (χ1n) is 11.3. The van der Waals surface area contributed by atoms with Crippen molar-refractivity contribution < 1.29 is 29.1 Å². The van der Waals surface area contributed by atoms with E-state index in [-0.39, 0.29) is 39.8 Å². The first-order chi connectivity index (χ1) is 18.2. The fourth-order valence-electron chi connectivity index (χ4n) is 4.10. The Morgan fingerprint density at radius 3 is 2.37 bits per heavy atom. The van der Waals surface area contributed by atoms with Crippen LogP contribution in [-0.4, -0.2) is 47.2 Å². The van der Waals surface area contributed by atoms with E-state index >= 15 is 0 Å². The highest BCUT2D eigenvalue weighted by molar-refractivity contribution is 6.33. The molecular weight excluding hydrogens is 514 g/mol. The summed E-state index contributed by atoms with van der Waals surface area (Å²) in [6.07, 6.45) is -0.00772. The van der Waals surface area contributed by atoms with Crippen LogP contribution in [0.2, 0.25) is 5.02 Å².